The van der Waals surface area contributed by atoms with Gasteiger partial charge < -0.3 is 24.3 Å². The Labute approximate surface area is 174 Å². The maximum atomic E-state index is 12.4. The van der Waals surface area contributed by atoms with Gasteiger partial charge in [0.15, 0.2) is 18.1 Å². The van der Waals surface area contributed by atoms with Gasteiger partial charge in [0, 0.05) is 6.07 Å². The maximum Gasteiger partial charge on any atom is 0.387 e. The van der Waals surface area contributed by atoms with Crippen molar-refractivity contribution in [3.8, 4) is 17.2 Å². The molecule has 0 radical (unpaired) electrons. The SMILES string of the molecule is CCOc1cc(C(=O)OCC(=O)Nc2ccccc2OC(F)F)c([N+](=O)[O-])cc1OC. The van der Waals surface area contributed by atoms with Crippen LogP contribution in [-0.2, 0) is 9.53 Å². The third-order valence-electron chi connectivity index (χ3n) is 3.71. The van der Waals surface area contributed by atoms with Crippen LogP contribution < -0.4 is 19.5 Å². The summed E-state index contributed by atoms with van der Waals surface area (Å²) in [6.45, 7) is -2.08. The number of amides is 1. The zero-order chi connectivity index (χ0) is 23.0. The minimum absolute atomic E-state index is 0.0403. The van der Waals surface area contributed by atoms with E-state index in [0.717, 1.165) is 12.1 Å². The number of nitrogens with zero attached hydrogens (tertiary/aromatic N) is 1. The minimum Gasteiger partial charge on any atom is -0.493 e. The Hall–Kier alpha value is -3.96. The van der Waals surface area contributed by atoms with Crippen LogP contribution in [0.3, 0.4) is 0 Å². The predicted octanol–water partition coefficient (Wildman–Crippen LogP) is 3.40. The summed E-state index contributed by atoms with van der Waals surface area (Å²) in [6, 6.07) is 7.48. The third kappa shape index (κ3) is 6.26. The van der Waals surface area contributed by atoms with Gasteiger partial charge in [-0.1, -0.05) is 12.1 Å². The summed E-state index contributed by atoms with van der Waals surface area (Å²) >= 11 is 0. The molecular weight excluding hydrogens is 422 g/mol. The van der Waals surface area contributed by atoms with Gasteiger partial charge in [0.05, 0.1) is 30.4 Å². The number of benzene rings is 2. The Balaban J connectivity index is 2.14. The fourth-order valence-electron chi connectivity index (χ4n) is 2.46. The molecule has 0 heterocycles. The number of halogens is 2. The van der Waals surface area contributed by atoms with Crippen molar-refractivity contribution >= 4 is 23.3 Å². The molecule has 0 aliphatic heterocycles. The number of alkyl halides is 2. The molecule has 0 fully saturated rings. The summed E-state index contributed by atoms with van der Waals surface area (Å²) in [6.07, 6.45) is 0. The Morgan fingerprint density at radius 3 is 2.48 bits per heavy atom. The molecule has 166 valence electrons. The van der Waals surface area contributed by atoms with Crippen molar-refractivity contribution in [3.05, 3.63) is 52.1 Å². The van der Waals surface area contributed by atoms with E-state index < -0.39 is 41.3 Å². The zero-order valence-corrected chi connectivity index (χ0v) is 16.4. The van der Waals surface area contributed by atoms with E-state index in [1.165, 1.54) is 31.4 Å². The van der Waals surface area contributed by atoms with Gasteiger partial charge >= 0.3 is 12.6 Å². The Bertz CT molecular complexity index is 968. The molecule has 0 aliphatic rings. The van der Waals surface area contributed by atoms with Gasteiger partial charge in [-0.3, -0.25) is 14.9 Å². The normalized spacial score (nSPS) is 10.4. The van der Waals surface area contributed by atoms with Crippen LogP contribution >= 0.6 is 0 Å². The quantitative estimate of drug-likeness (QED) is 0.338. The Kier molecular flexibility index (Phi) is 8.06. The summed E-state index contributed by atoms with van der Waals surface area (Å²) in [5.41, 5.74) is -1.14. The van der Waals surface area contributed by atoms with Crippen molar-refractivity contribution in [2.45, 2.75) is 13.5 Å². The largest absolute Gasteiger partial charge is 0.493 e. The summed E-state index contributed by atoms with van der Waals surface area (Å²) in [7, 11) is 1.28. The third-order valence-corrected chi connectivity index (χ3v) is 3.71. The molecule has 2 aromatic rings. The molecule has 0 aliphatic carbocycles. The summed E-state index contributed by atoms with van der Waals surface area (Å²) in [4.78, 5) is 34.9. The summed E-state index contributed by atoms with van der Waals surface area (Å²) in [5.74, 6) is -2.21. The molecule has 0 bridgehead atoms. The number of anilines is 1. The van der Waals surface area contributed by atoms with Crippen LogP contribution in [0.25, 0.3) is 0 Å². The number of para-hydroxylation sites is 2. The molecule has 0 saturated heterocycles. The molecule has 2 rings (SSSR count). The van der Waals surface area contributed by atoms with Gasteiger partial charge in [0.25, 0.3) is 11.6 Å². The molecule has 0 atom stereocenters. The van der Waals surface area contributed by atoms with E-state index in [9.17, 15) is 28.5 Å². The molecule has 1 N–H and O–H groups in total. The second kappa shape index (κ2) is 10.7. The van der Waals surface area contributed by atoms with Crippen molar-refractivity contribution in [2.75, 3.05) is 25.6 Å². The van der Waals surface area contributed by atoms with Crippen LogP contribution in [0.1, 0.15) is 17.3 Å². The molecule has 12 heteroatoms. The number of hydrogen-bond donors (Lipinski definition) is 1. The van der Waals surface area contributed by atoms with Gasteiger partial charge in [-0.05, 0) is 19.1 Å². The van der Waals surface area contributed by atoms with E-state index in [1.54, 1.807) is 6.92 Å². The highest BCUT2D eigenvalue weighted by Gasteiger charge is 2.26. The van der Waals surface area contributed by atoms with E-state index in [1.807, 2.05) is 0 Å². The average Bonchev–Trinajstić information content (AvgIpc) is 2.72. The van der Waals surface area contributed by atoms with Gasteiger partial charge in [-0.25, -0.2) is 4.79 Å². The molecule has 0 saturated carbocycles. The first-order chi connectivity index (χ1) is 14.8. The summed E-state index contributed by atoms with van der Waals surface area (Å²) < 4.78 is 44.3. The minimum atomic E-state index is -3.11. The number of nitro groups is 1. The predicted molar refractivity (Wildman–Crippen MR) is 103 cm³/mol. The molecule has 0 aromatic heterocycles. The highest BCUT2D eigenvalue weighted by Crippen LogP contribution is 2.35. The highest BCUT2D eigenvalue weighted by molar-refractivity contribution is 5.98. The number of ether oxygens (including phenoxy) is 4. The van der Waals surface area contributed by atoms with Gasteiger partial charge in [0.1, 0.15) is 11.3 Å². The number of esters is 1. The van der Waals surface area contributed by atoms with E-state index in [2.05, 4.69) is 10.1 Å². The standard InChI is InChI=1S/C19H18F2N2O8/c1-3-29-16-8-11(13(23(26)27)9-15(16)28-2)18(25)30-10-17(24)22-12-6-4-5-7-14(12)31-19(20)21/h4-9,19H,3,10H2,1-2H3,(H,22,24). The van der Waals surface area contributed by atoms with Crippen molar-refractivity contribution in [1.29, 1.82) is 0 Å². The second-order valence-electron chi connectivity index (χ2n) is 5.71. The van der Waals surface area contributed by atoms with Crippen molar-refractivity contribution < 1.29 is 42.2 Å². The zero-order valence-electron chi connectivity index (χ0n) is 16.4. The molecule has 2 aromatic carbocycles. The monoisotopic (exact) mass is 440 g/mol. The van der Waals surface area contributed by atoms with E-state index >= 15 is 0 Å². The smallest absolute Gasteiger partial charge is 0.387 e. The topological polar surface area (TPSA) is 126 Å². The molecule has 1 amide bonds. The van der Waals surface area contributed by atoms with E-state index in [0.29, 0.717) is 0 Å². The highest BCUT2D eigenvalue weighted by atomic mass is 19.3. The average molecular weight is 440 g/mol. The molecule has 0 unspecified atom stereocenters. The van der Waals surface area contributed by atoms with Crippen LogP contribution in [-0.4, -0.2) is 43.7 Å². The number of carbonyl (C=O) groups excluding carboxylic acids is 2. The number of nitrogens with one attached hydrogen (secondary N) is 1. The number of rotatable bonds is 10. The fraction of sp³-hybridized carbons (Fsp3) is 0.263. The molecular formula is C19H18F2N2O8. The van der Waals surface area contributed by atoms with Crippen molar-refractivity contribution in [1.82, 2.24) is 0 Å². The first kappa shape index (κ1) is 23.3. The van der Waals surface area contributed by atoms with Crippen LogP contribution in [0.4, 0.5) is 20.2 Å². The van der Waals surface area contributed by atoms with Crippen molar-refractivity contribution in [3.63, 3.8) is 0 Å². The number of hydrogen-bond acceptors (Lipinski definition) is 8. The van der Waals surface area contributed by atoms with E-state index in [-0.39, 0.29) is 29.5 Å². The Morgan fingerprint density at radius 2 is 1.87 bits per heavy atom. The first-order valence-corrected chi connectivity index (χ1v) is 8.76. The lowest BCUT2D eigenvalue weighted by molar-refractivity contribution is -0.385. The van der Waals surface area contributed by atoms with Crippen LogP contribution in [0.2, 0.25) is 0 Å². The van der Waals surface area contributed by atoms with Crippen LogP contribution in [0, 0.1) is 10.1 Å². The molecule has 10 nitrogen and oxygen atoms in total. The lowest BCUT2D eigenvalue weighted by Crippen LogP contribution is -2.22. The van der Waals surface area contributed by atoms with Gasteiger partial charge in [-0.15, -0.1) is 0 Å². The second-order valence-corrected chi connectivity index (χ2v) is 5.71. The number of methoxy groups -OCH3 is 1. The lowest BCUT2D eigenvalue weighted by Gasteiger charge is -2.13. The van der Waals surface area contributed by atoms with Gasteiger partial charge in [-0.2, -0.15) is 8.78 Å². The molecule has 31 heavy (non-hydrogen) atoms. The molecule has 0 spiro atoms. The number of nitro benzene ring substituents is 1. The van der Waals surface area contributed by atoms with Crippen molar-refractivity contribution in [2.24, 2.45) is 0 Å². The first-order valence-electron chi connectivity index (χ1n) is 8.76. The fourth-order valence-corrected chi connectivity index (χ4v) is 2.46. The van der Waals surface area contributed by atoms with Gasteiger partial charge in [0.2, 0.25) is 0 Å². The summed E-state index contributed by atoms with van der Waals surface area (Å²) in [5, 5.41) is 13.6. The lowest BCUT2D eigenvalue weighted by atomic mass is 10.1. The Morgan fingerprint density at radius 1 is 1.16 bits per heavy atom. The van der Waals surface area contributed by atoms with Crippen LogP contribution in [0.5, 0.6) is 17.2 Å². The maximum absolute atomic E-state index is 12.4. The van der Waals surface area contributed by atoms with Crippen LogP contribution in [0.15, 0.2) is 36.4 Å². The van der Waals surface area contributed by atoms with E-state index in [4.69, 9.17) is 14.2 Å². The number of carbonyl (C=O) groups is 2.